The molecule has 0 radical (unpaired) electrons. The van der Waals surface area contributed by atoms with E-state index in [1.54, 1.807) is 12.1 Å². The van der Waals surface area contributed by atoms with Gasteiger partial charge in [0.15, 0.2) is 5.41 Å². The lowest BCUT2D eigenvalue weighted by Gasteiger charge is -2.34. The smallest absolute Gasteiger partial charge is 0.331 e. The highest BCUT2D eigenvalue weighted by molar-refractivity contribution is 14.1. The Hall–Kier alpha value is -2.74. The van der Waals surface area contributed by atoms with E-state index >= 15 is 0 Å². The van der Waals surface area contributed by atoms with Gasteiger partial charge in [-0.25, -0.2) is 4.79 Å². The Kier molecular flexibility index (Phi) is 3.06. The van der Waals surface area contributed by atoms with Crippen molar-refractivity contribution in [2.45, 2.75) is 5.41 Å². The molecule has 0 unspecified atom stereocenters. The van der Waals surface area contributed by atoms with Gasteiger partial charge in [-0.05, 0) is 59.0 Å². The molecule has 0 bridgehead atoms. The van der Waals surface area contributed by atoms with E-state index in [-0.39, 0.29) is 11.5 Å². The number of fused-ring (bicyclic) bond motifs is 6. The number of hydrogen-bond donors (Lipinski definition) is 2. The van der Waals surface area contributed by atoms with Crippen LogP contribution in [0.4, 0.5) is 0 Å². The molecule has 0 saturated carbocycles. The van der Waals surface area contributed by atoms with Crippen molar-refractivity contribution in [3.63, 3.8) is 0 Å². The van der Waals surface area contributed by atoms with E-state index in [1.165, 1.54) is 24.3 Å². The minimum absolute atomic E-state index is 0.0247. The molecule has 128 valence electrons. The molecule has 0 aromatic heterocycles. The molecule has 2 N–H and O–H groups in total. The number of carbonyl (C=O) groups is 1. The topological polar surface area (TPSA) is 76.0 Å². The summed E-state index contributed by atoms with van der Waals surface area (Å²) in [4.78, 5) is 13.2. The van der Waals surface area contributed by atoms with Crippen molar-refractivity contribution in [3.05, 3.63) is 74.9 Å². The molecule has 0 aliphatic carbocycles. The number of phenols is 2. The Morgan fingerprint density at radius 3 is 1.81 bits per heavy atom. The van der Waals surface area contributed by atoms with Gasteiger partial charge in [-0.2, -0.15) is 0 Å². The van der Waals surface area contributed by atoms with Gasteiger partial charge in [0.1, 0.15) is 28.7 Å². The average Bonchev–Trinajstić information content (AvgIpc) is 2.86. The molecule has 2 aliphatic rings. The largest absolute Gasteiger partial charge is 0.508 e. The van der Waals surface area contributed by atoms with Gasteiger partial charge in [-0.15, -0.1) is 0 Å². The second-order valence-corrected chi connectivity index (χ2v) is 7.49. The molecule has 26 heavy (non-hydrogen) atoms. The van der Waals surface area contributed by atoms with Gasteiger partial charge in [-0.1, -0.05) is 6.07 Å². The van der Waals surface area contributed by atoms with Gasteiger partial charge in [0.25, 0.3) is 0 Å². The first-order chi connectivity index (χ1) is 12.5. The van der Waals surface area contributed by atoms with Crippen molar-refractivity contribution in [1.29, 1.82) is 0 Å². The predicted molar refractivity (Wildman–Crippen MR) is 101 cm³/mol. The molecule has 3 aromatic rings. The first-order valence-corrected chi connectivity index (χ1v) is 8.95. The SMILES string of the molecule is O=C1Oc2cc(I)ccc2C12c1ccc(O)cc1Oc1cc(O)ccc12. The fourth-order valence-corrected chi connectivity index (χ4v) is 4.22. The summed E-state index contributed by atoms with van der Waals surface area (Å²) in [6.45, 7) is 0. The highest BCUT2D eigenvalue weighted by Crippen LogP contribution is 2.58. The summed E-state index contributed by atoms with van der Waals surface area (Å²) < 4.78 is 12.5. The Morgan fingerprint density at radius 2 is 1.23 bits per heavy atom. The summed E-state index contributed by atoms with van der Waals surface area (Å²) in [6, 6.07) is 14.9. The molecule has 1 spiro atoms. The number of hydrogen-bond acceptors (Lipinski definition) is 5. The lowest BCUT2D eigenvalue weighted by molar-refractivity contribution is -0.135. The lowest BCUT2D eigenvalue weighted by Crippen LogP contribution is -2.38. The number of esters is 1. The molecule has 0 atom stereocenters. The van der Waals surface area contributed by atoms with Gasteiger partial charge < -0.3 is 19.7 Å². The Balaban J connectivity index is 1.92. The fraction of sp³-hybridized carbons (Fsp3) is 0.0500. The van der Waals surface area contributed by atoms with E-state index < -0.39 is 11.4 Å². The standard InChI is InChI=1S/C20H11IO5/c21-10-1-4-13-16(7-10)26-19(24)20(13)14-5-2-11(22)8-17(14)25-18-9-12(23)3-6-15(18)20/h1-9,22-23H. The maximum absolute atomic E-state index is 13.2. The maximum atomic E-state index is 13.2. The Morgan fingerprint density at radius 1 is 0.731 bits per heavy atom. The van der Waals surface area contributed by atoms with Crippen LogP contribution in [0.2, 0.25) is 0 Å². The third kappa shape index (κ3) is 1.87. The monoisotopic (exact) mass is 458 g/mol. The second-order valence-electron chi connectivity index (χ2n) is 6.24. The van der Waals surface area contributed by atoms with Crippen LogP contribution in [-0.4, -0.2) is 16.2 Å². The number of carbonyl (C=O) groups excluding carboxylic acids is 1. The zero-order chi connectivity index (χ0) is 18.1. The van der Waals surface area contributed by atoms with E-state index in [1.807, 2.05) is 18.2 Å². The second kappa shape index (κ2) is 5.14. The van der Waals surface area contributed by atoms with Crippen molar-refractivity contribution >= 4 is 28.6 Å². The van der Waals surface area contributed by atoms with Gasteiger partial charge >= 0.3 is 5.97 Å². The van der Waals surface area contributed by atoms with Crippen molar-refractivity contribution in [3.8, 4) is 28.7 Å². The number of rotatable bonds is 0. The third-order valence-corrected chi connectivity index (χ3v) is 5.49. The molecule has 0 saturated heterocycles. The summed E-state index contributed by atoms with van der Waals surface area (Å²) in [7, 11) is 0. The van der Waals surface area contributed by atoms with Crippen LogP contribution in [0.15, 0.2) is 54.6 Å². The molecular formula is C20H11IO5. The van der Waals surface area contributed by atoms with Gasteiger partial charge in [0, 0.05) is 32.4 Å². The molecule has 0 fully saturated rings. The van der Waals surface area contributed by atoms with E-state index in [9.17, 15) is 15.0 Å². The summed E-state index contributed by atoms with van der Waals surface area (Å²) in [5.41, 5.74) is 0.700. The number of phenolic OH excluding ortho intramolecular Hbond substituents is 2. The van der Waals surface area contributed by atoms with Gasteiger partial charge in [-0.3, -0.25) is 0 Å². The highest BCUT2D eigenvalue weighted by atomic mass is 127. The minimum Gasteiger partial charge on any atom is -0.508 e. The number of aromatic hydroxyl groups is 2. The molecule has 0 amide bonds. The van der Waals surface area contributed by atoms with Crippen molar-refractivity contribution < 1.29 is 24.5 Å². The van der Waals surface area contributed by atoms with Gasteiger partial charge in [0.05, 0.1) is 0 Å². The Bertz CT molecular complexity index is 1050. The molecule has 5 rings (SSSR count). The highest BCUT2D eigenvalue weighted by Gasteiger charge is 2.56. The summed E-state index contributed by atoms with van der Waals surface area (Å²) in [6.07, 6.45) is 0. The number of ether oxygens (including phenoxy) is 2. The van der Waals surface area contributed by atoms with Crippen LogP contribution in [0.5, 0.6) is 28.7 Å². The van der Waals surface area contributed by atoms with Gasteiger partial charge in [0.2, 0.25) is 0 Å². The number of benzene rings is 3. The first-order valence-electron chi connectivity index (χ1n) is 7.87. The molecule has 5 nitrogen and oxygen atoms in total. The molecule has 2 heterocycles. The molecule has 2 aliphatic heterocycles. The van der Waals surface area contributed by atoms with Crippen LogP contribution in [0.25, 0.3) is 0 Å². The van der Waals surface area contributed by atoms with Crippen LogP contribution in [0.1, 0.15) is 16.7 Å². The number of halogens is 1. The van der Waals surface area contributed by atoms with Crippen molar-refractivity contribution in [2.75, 3.05) is 0 Å². The minimum atomic E-state index is -1.20. The molecule has 6 heteroatoms. The average molecular weight is 458 g/mol. The quantitative estimate of drug-likeness (QED) is 0.302. The van der Waals surface area contributed by atoms with Crippen LogP contribution in [0, 0.1) is 3.57 Å². The first kappa shape index (κ1) is 15.5. The molecular weight excluding hydrogens is 447 g/mol. The van der Waals surface area contributed by atoms with Crippen molar-refractivity contribution in [1.82, 2.24) is 0 Å². The van der Waals surface area contributed by atoms with Crippen LogP contribution in [-0.2, 0) is 10.2 Å². The summed E-state index contributed by atoms with van der Waals surface area (Å²) in [5, 5.41) is 19.7. The summed E-state index contributed by atoms with van der Waals surface area (Å²) >= 11 is 2.17. The third-order valence-electron chi connectivity index (χ3n) is 4.81. The van der Waals surface area contributed by atoms with Crippen LogP contribution in [0.3, 0.4) is 0 Å². The molecule has 3 aromatic carbocycles. The van der Waals surface area contributed by atoms with E-state index in [2.05, 4.69) is 22.6 Å². The fourth-order valence-electron chi connectivity index (χ4n) is 3.76. The Labute approximate surface area is 162 Å². The van der Waals surface area contributed by atoms with E-state index in [0.717, 1.165) is 3.57 Å². The van der Waals surface area contributed by atoms with E-state index in [4.69, 9.17) is 9.47 Å². The lowest BCUT2D eigenvalue weighted by atomic mass is 9.68. The zero-order valence-electron chi connectivity index (χ0n) is 13.2. The summed E-state index contributed by atoms with van der Waals surface area (Å²) in [5.74, 6) is 0.824. The zero-order valence-corrected chi connectivity index (χ0v) is 15.4. The normalized spacial score (nSPS) is 15.7. The van der Waals surface area contributed by atoms with E-state index in [0.29, 0.717) is 33.9 Å². The van der Waals surface area contributed by atoms with Crippen molar-refractivity contribution in [2.24, 2.45) is 0 Å². The predicted octanol–water partition coefficient (Wildman–Crippen LogP) is 4.06. The maximum Gasteiger partial charge on any atom is 0.331 e. The van der Waals surface area contributed by atoms with Crippen LogP contribution < -0.4 is 9.47 Å². The van der Waals surface area contributed by atoms with Crippen LogP contribution >= 0.6 is 22.6 Å².